The van der Waals surface area contributed by atoms with Crippen molar-refractivity contribution in [2.24, 2.45) is 5.10 Å². The van der Waals surface area contributed by atoms with E-state index in [9.17, 15) is 14.9 Å². The van der Waals surface area contributed by atoms with E-state index in [1.165, 1.54) is 30.5 Å². The van der Waals surface area contributed by atoms with Crippen molar-refractivity contribution < 1.29 is 19.2 Å². The molecule has 27 heavy (non-hydrogen) atoms. The van der Waals surface area contributed by atoms with Crippen LogP contribution in [0.25, 0.3) is 0 Å². The number of benzene rings is 2. The highest BCUT2D eigenvalue weighted by atomic mass is 16.6. The number of rotatable bonds is 10. The predicted octanol–water partition coefficient (Wildman–Crippen LogP) is 3.30. The van der Waals surface area contributed by atoms with Crippen LogP contribution in [0, 0.1) is 10.1 Å². The van der Waals surface area contributed by atoms with Crippen molar-refractivity contribution in [3.05, 3.63) is 64.2 Å². The summed E-state index contributed by atoms with van der Waals surface area (Å²) in [5.41, 5.74) is 3.12. The highest BCUT2D eigenvalue weighted by molar-refractivity contribution is 5.83. The summed E-state index contributed by atoms with van der Waals surface area (Å²) in [6.07, 6.45) is 3.61. The standard InChI is InChI=1S/C19H21N3O5/c1-2-3-12-26-17-8-4-15(5-9-17)13-20-21-19(23)14-27-18-10-6-16(7-11-18)22(24)25/h4-11,13H,2-3,12,14H2,1H3,(H,21,23)/b20-13-. The highest BCUT2D eigenvalue weighted by Crippen LogP contribution is 2.17. The molecule has 1 N–H and O–H groups in total. The first kappa shape index (κ1) is 19.9. The molecule has 2 rings (SSSR count). The van der Waals surface area contributed by atoms with Crippen LogP contribution in [-0.4, -0.2) is 30.3 Å². The number of unbranched alkanes of at least 4 members (excludes halogenated alkanes) is 1. The second-order valence-corrected chi connectivity index (χ2v) is 5.60. The van der Waals surface area contributed by atoms with Crippen molar-refractivity contribution in [1.82, 2.24) is 5.43 Å². The molecule has 142 valence electrons. The average Bonchev–Trinajstić information content (AvgIpc) is 2.68. The Bertz CT molecular complexity index is 773. The Balaban J connectivity index is 1.73. The molecule has 0 unspecified atom stereocenters. The summed E-state index contributed by atoms with van der Waals surface area (Å²) in [5.74, 6) is 0.712. The van der Waals surface area contributed by atoms with E-state index in [0.717, 1.165) is 24.2 Å². The van der Waals surface area contributed by atoms with Gasteiger partial charge in [0, 0.05) is 12.1 Å². The lowest BCUT2D eigenvalue weighted by molar-refractivity contribution is -0.384. The molecule has 0 atom stereocenters. The number of carbonyl (C=O) groups is 1. The second kappa shape index (κ2) is 10.5. The van der Waals surface area contributed by atoms with Crippen LogP contribution in [-0.2, 0) is 4.79 Å². The Morgan fingerprint density at radius 1 is 1.11 bits per heavy atom. The number of carbonyl (C=O) groups excluding carboxylic acids is 1. The van der Waals surface area contributed by atoms with Crippen LogP contribution in [0.4, 0.5) is 5.69 Å². The molecule has 8 nitrogen and oxygen atoms in total. The van der Waals surface area contributed by atoms with Crippen LogP contribution in [0.3, 0.4) is 0 Å². The van der Waals surface area contributed by atoms with Crippen LogP contribution in [0.15, 0.2) is 53.6 Å². The number of non-ortho nitro benzene ring substituents is 1. The maximum atomic E-state index is 11.7. The van der Waals surface area contributed by atoms with Gasteiger partial charge in [-0.1, -0.05) is 13.3 Å². The third-order valence-electron chi connectivity index (χ3n) is 3.47. The van der Waals surface area contributed by atoms with Gasteiger partial charge in [0.25, 0.3) is 11.6 Å². The topological polar surface area (TPSA) is 103 Å². The third-order valence-corrected chi connectivity index (χ3v) is 3.47. The molecule has 0 fully saturated rings. The van der Waals surface area contributed by atoms with Gasteiger partial charge in [-0.3, -0.25) is 14.9 Å². The number of nitro benzene ring substituents is 1. The van der Waals surface area contributed by atoms with E-state index in [0.29, 0.717) is 12.4 Å². The summed E-state index contributed by atoms with van der Waals surface area (Å²) in [5, 5.41) is 14.4. The molecule has 1 amide bonds. The summed E-state index contributed by atoms with van der Waals surface area (Å²) in [4.78, 5) is 21.8. The highest BCUT2D eigenvalue weighted by Gasteiger charge is 2.06. The normalized spacial score (nSPS) is 10.6. The molecule has 0 saturated heterocycles. The summed E-state index contributed by atoms with van der Waals surface area (Å²) < 4.78 is 10.8. The number of amides is 1. The lowest BCUT2D eigenvalue weighted by atomic mass is 10.2. The number of hydrogen-bond donors (Lipinski definition) is 1. The van der Waals surface area contributed by atoms with Crippen molar-refractivity contribution in [3.8, 4) is 11.5 Å². The summed E-state index contributed by atoms with van der Waals surface area (Å²) in [7, 11) is 0. The zero-order valence-corrected chi connectivity index (χ0v) is 15.0. The lowest BCUT2D eigenvalue weighted by Crippen LogP contribution is -2.24. The van der Waals surface area contributed by atoms with Crippen LogP contribution in [0.2, 0.25) is 0 Å². The molecule has 2 aromatic carbocycles. The Morgan fingerprint density at radius 3 is 2.37 bits per heavy atom. The van der Waals surface area contributed by atoms with Crippen molar-refractivity contribution in [2.75, 3.05) is 13.2 Å². The second-order valence-electron chi connectivity index (χ2n) is 5.60. The molecule has 0 bridgehead atoms. The first-order valence-corrected chi connectivity index (χ1v) is 8.50. The maximum Gasteiger partial charge on any atom is 0.277 e. The molecule has 0 aliphatic carbocycles. The minimum absolute atomic E-state index is 0.0433. The summed E-state index contributed by atoms with van der Waals surface area (Å²) >= 11 is 0. The molecular formula is C19H21N3O5. The molecule has 0 radical (unpaired) electrons. The fourth-order valence-electron chi connectivity index (χ4n) is 2.01. The molecule has 0 aliphatic rings. The Labute approximate surface area is 157 Å². The number of hydrogen-bond acceptors (Lipinski definition) is 6. The molecule has 2 aromatic rings. The minimum Gasteiger partial charge on any atom is -0.494 e. The van der Waals surface area contributed by atoms with E-state index in [1.54, 1.807) is 0 Å². The summed E-state index contributed by atoms with van der Waals surface area (Å²) in [6, 6.07) is 12.8. The van der Waals surface area contributed by atoms with Crippen molar-refractivity contribution in [2.45, 2.75) is 19.8 Å². The molecule has 0 aromatic heterocycles. The largest absolute Gasteiger partial charge is 0.494 e. The SMILES string of the molecule is CCCCOc1ccc(/C=N\NC(=O)COc2ccc([N+](=O)[O-])cc2)cc1. The first-order valence-electron chi connectivity index (χ1n) is 8.50. The van der Waals surface area contributed by atoms with Gasteiger partial charge in [0.15, 0.2) is 6.61 Å². The van der Waals surface area contributed by atoms with E-state index in [1.807, 2.05) is 24.3 Å². The van der Waals surface area contributed by atoms with Gasteiger partial charge < -0.3 is 9.47 Å². The van der Waals surface area contributed by atoms with Gasteiger partial charge in [-0.2, -0.15) is 5.10 Å². The Morgan fingerprint density at radius 2 is 1.74 bits per heavy atom. The van der Waals surface area contributed by atoms with Gasteiger partial charge in [0.2, 0.25) is 0 Å². The van der Waals surface area contributed by atoms with Gasteiger partial charge in [0.1, 0.15) is 11.5 Å². The molecule has 0 saturated carbocycles. The minimum atomic E-state index is -0.505. The number of ether oxygens (including phenoxy) is 2. The number of hydrazone groups is 1. The van der Waals surface area contributed by atoms with E-state index in [4.69, 9.17) is 9.47 Å². The van der Waals surface area contributed by atoms with E-state index in [-0.39, 0.29) is 12.3 Å². The Hall–Kier alpha value is -3.42. The van der Waals surface area contributed by atoms with E-state index in [2.05, 4.69) is 17.5 Å². The lowest BCUT2D eigenvalue weighted by Gasteiger charge is -2.05. The third kappa shape index (κ3) is 7.15. The predicted molar refractivity (Wildman–Crippen MR) is 101 cm³/mol. The Kier molecular flexibility index (Phi) is 7.77. The molecule has 8 heteroatoms. The number of nitrogens with one attached hydrogen (secondary N) is 1. The fraction of sp³-hybridized carbons (Fsp3) is 0.263. The first-order chi connectivity index (χ1) is 13.1. The van der Waals surface area contributed by atoms with E-state index < -0.39 is 10.8 Å². The monoisotopic (exact) mass is 371 g/mol. The van der Waals surface area contributed by atoms with Gasteiger partial charge in [0.05, 0.1) is 17.7 Å². The maximum absolute atomic E-state index is 11.7. The molecular weight excluding hydrogens is 350 g/mol. The fourth-order valence-corrected chi connectivity index (χ4v) is 2.01. The van der Waals surface area contributed by atoms with E-state index >= 15 is 0 Å². The van der Waals surface area contributed by atoms with Crippen LogP contribution in [0.1, 0.15) is 25.3 Å². The molecule has 0 spiro atoms. The zero-order valence-electron chi connectivity index (χ0n) is 15.0. The zero-order chi connectivity index (χ0) is 19.5. The molecule has 0 aliphatic heterocycles. The van der Waals surface area contributed by atoms with Gasteiger partial charge in [-0.05, 0) is 48.4 Å². The number of nitro groups is 1. The number of nitrogens with zero attached hydrogens (tertiary/aromatic N) is 2. The van der Waals surface area contributed by atoms with Crippen LogP contribution < -0.4 is 14.9 Å². The van der Waals surface area contributed by atoms with Crippen molar-refractivity contribution >= 4 is 17.8 Å². The molecule has 0 heterocycles. The van der Waals surface area contributed by atoms with Gasteiger partial charge >= 0.3 is 0 Å². The summed E-state index contributed by atoms with van der Waals surface area (Å²) in [6.45, 7) is 2.54. The smallest absolute Gasteiger partial charge is 0.277 e. The quantitative estimate of drug-likeness (QED) is 0.299. The average molecular weight is 371 g/mol. The van der Waals surface area contributed by atoms with Crippen LogP contribution in [0.5, 0.6) is 11.5 Å². The van der Waals surface area contributed by atoms with Crippen LogP contribution >= 0.6 is 0 Å². The van der Waals surface area contributed by atoms with Crippen molar-refractivity contribution in [1.29, 1.82) is 0 Å². The van der Waals surface area contributed by atoms with Gasteiger partial charge in [-0.25, -0.2) is 5.43 Å². The van der Waals surface area contributed by atoms with Crippen molar-refractivity contribution in [3.63, 3.8) is 0 Å². The van der Waals surface area contributed by atoms with Gasteiger partial charge in [-0.15, -0.1) is 0 Å².